The van der Waals surface area contributed by atoms with E-state index < -0.39 is 17.7 Å². The summed E-state index contributed by atoms with van der Waals surface area (Å²) in [5, 5.41) is 0. The lowest BCUT2D eigenvalue weighted by atomic mass is 10.1. The van der Waals surface area contributed by atoms with Crippen LogP contribution in [0.25, 0.3) is 0 Å². The van der Waals surface area contributed by atoms with Gasteiger partial charge in [0.25, 0.3) is 5.91 Å². The average molecular weight is 265 g/mol. The zero-order valence-corrected chi connectivity index (χ0v) is 10.6. The van der Waals surface area contributed by atoms with E-state index in [0.717, 1.165) is 12.1 Å². The minimum Gasteiger partial charge on any atom is -0.459 e. The zero-order chi connectivity index (χ0) is 14.0. The number of nitrogens with zero attached hydrogens (tertiary/aromatic N) is 1. The highest BCUT2D eigenvalue weighted by Crippen LogP contribution is 2.22. The first-order valence-electron chi connectivity index (χ1n) is 5.76. The third kappa shape index (κ3) is 2.65. The molecule has 19 heavy (non-hydrogen) atoms. The molecule has 1 heterocycles. The Balaban J connectivity index is 2.21. The number of carbonyl (C=O) groups is 1. The Hall–Kier alpha value is -2.17. The minimum atomic E-state index is -0.928. The Kier molecular flexibility index (Phi) is 3.64. The molecule has 0 saturated carbocycles. The second kappa shape index (κ2) is 5.22. The molecule has 3 nitrogen and oxygen atoms in total. The first-order chi connectivity index (χ1) is 9.00. The van der Waals surface area contributed by atoms with Gasteiger partial charge < -0.3 is 9.32 Å². The predicted octanol–water partition coefficient (Wildman–Crippen LogP) is 3.39. The number of halogens is 2. The van der Waals surface area contributed by atoms with Gasteiger partial charge in [0.1, 0.15) is 0 Å². The molecule has 0 bridgehead atoms. The normalized spacial score (nSPS) is 12.2. The lowest BCUT2D eigenvalue weighted by Gasteiger charge is -2.24. The molecule has 0 radical (unpaired) electrons. The highest BCUT2D eigenvalue weighted by Gasteiger charge is 2.21. The van der Waals surface area contributed by atoms with Crippen LogP contribution in [-0.2, 0) is 0 Å². The second-order valence-corrected chi connectivity index (χ2v) is 4.24. The van der Waals surface area contributed by atoms with Crippen molar-refractivity contribution >= 4 is 5.91 Å². The van der Waals surface area contributed by atoms with Crippen molar-refractivity contribution in [3.63, 3.8) is 0 Å². The molecule has 1 unspecified atom stereocenters. The number of rotatable bonds is 3. The van der Waals surface area contributed by atoms with Gasteiger partial charge >= 0.3 is 0 Å². The molecule has 0 aliphatic heterocycles. The van der Waals surface area contributed by atoms with Crippen molar-refractivity contribution in [2.24, 2.45) is 0 Å². The van der Waals surface area contributed by atoms with Gasteiger partial charge in [0.05, 0.1) is 12.3 Å². The van der Waals surface area contributed by atoms with Crippen LogP contribution in [0.5, 0.6) is 0 Å². The summed E-state index contributed by atoms with van der Waals surface area (Å²) in [5.41, 5.74) is 0.515. The van der Waals surface area contributed by atoms with Crippen molar-refractivity contribution in [2.75, 3.05) is 7.05 Å². The number of hydrogen-bond acceptors (Lipinski definition) is 2. The Morgan fingerprint density at radius 2 is 2.00 bits per heavy atom. The lowest BCUT2D eigenvalue weighted by molar-refractivity contribution is 0.0710. The van der Waals surface area contributed by atoms with E-state index in [-0.39, 0.29) is 11.7 Å². The molecular formula is C14H13F2NO2. The van der Waals surface area contributed by atoms with Crippen LogP contribution < -0.4 is 0 Å². The summed E-state index contributed by atoms with van der Waals surface area (Å²) in [6.45, 7) is 1.73. The Labute approximate surface area is 109 Å². The standard InChI is InChI=1S/C14H13F2NO2/c1-9(10-5-6-11(15)12(16)8-10)17(2)14(18)13-4-3-7-19-13/h3-9H,1-2H3. The Morgan fingerprint density at radius 1 is 1.26 bits per heavy atom. The molecule has 1 aromatic heterocycles. The maximum absolute atomic E-state index is 13.2. The van der Waals surface area contributed by atoms with Crippen molar-refractivity contribution in [1.82, 2.24) is 4.90 Å². The zero-order valence-electron chi connectivity index (χ0n) is 10.6. The maximum atomic E-state index is 13.2. The topological polar surface area (TPSA) is 33.5 Å². The number of hydrogen-bond donors (Lipinski definition) is 0. The van der Waals surface area contributed by atoms with Crippen molar-refractivity contribution in [3.8, 4) is 0 Å². The fourth-order valence-electron chi connectivity index (χ4n) is 1.75. The van der Waals surface area contributed by atoms with E-state index >= 15 is 0 Å². The van der Waals surface area contributed by atoms with Crippen LogP contribution >= 0.6 is 0 Å². The molecule has 0 fully saturated rings. The van der Waals surface area contributed by atoms with Gasteiger partial charge in [-0.15, -0.1) is 0 Å². The Bertz CT molecular complexity index is 581. The molecule has 0 aliphatic carbocycles. The smallest absolute Gasteiger partial charge is 0.289 e. The third-order valence-corrected chi connectivity index (χ3v) is 3.06. The first-order valence-corrected chi connectivity index (χ1v) is 5.76. The molecular weight excluding hydrogens is 252 g/mol. The minimum absolute atomic E-state index is 0.205. The molecule has 100 valence electrons. The quantitative estimate of drug-likeness (QED) is 0.852. The lowest BCUT2D eigenvalue weighted by Crippen LogP contribution is -2.29. The van der Waals surface area contributed by atoms with Gasteiger partial charge in [-0.05, 0) is 36.8 Å². The molecule has 0 saturated heterocycles. The third-order valence-electron chi connectivity index (χ3n) is 3.06. The van der Waals surface area contributed by atoms with Gasteiger partial charge in [0.2, 0.25) is 0 Å². The van der Waals surface area contributed by atoms with E-state index in [2.05, 4.69) is 0 Å². The molecule has 1 aromatic carbocycles. The van der Waals surface area contributed by atoms with Gasteiger partial charge in [-0.2, -0.15) is 0 Å². The van der Waals surface area contributed by atoms with Gasteiger partial charge in [0.15, 0.2) is 17.4 Å². The number of benzene rings is 1. The first kappa shape index (κ1) is 13.3. The van der Waals surface area contributed by atoms with Crippen LogP contribution in [0.15, 0.2) is 41.0 Å². The molecule has 0 spiro atoms. The monoisotopic (exact) mass is 265 g/mol. The van der Waals surface area contributed by atoms with E-state index in [1.54, 1.807) is 26.1 Å². The molecule has 2 aromatic rings. The van der Waals surface area contributed by atoms with E-state index in [4.69, 9.17) is 4.42 Å². The highest BCUT2D eigenvalue weighted by atomic mass is 19.2. The summed E-state index contributed by atoms with van der Waals surface area (Å²) < 4.78 is 31.1. The molecule has 1 atom stereocenters. The van der Waals surface area contributed by atoms with Crippen LogP contribution in [-0.4, -0.2) is 17.9 Å². The van der Waals surface area contributed by atoms with Crippen molar-refractivity contribution in [2.45, 2.75) is 13.0 Å². The van der Waals surface area contributed by atoms with E-state index in [1.165, 1.54) is 17.2 Å². The van der Waals surface area contributed by atoms with Crippen molar-refractivity contribution < 1.29 is 18.0 Å². The SMILES string of the molecule is CC(c1ccc(F)c(F)c1)N(C)C(=O)c1ccco1. The highest BCUT2D eigenvalue weighted by molar-refractivity contribution is 5.91. The molecule has 0 aliphatic rings. The summed E-state index contributed by atoms with van der Waals surface area (Å²) in [4.78, 5) is 13.4. The van der Waals surface area contributed by atoms with Crippen LogP contribution in [0.1, 0.15) is 29.1 Å². The number of carbonyl (C=O) groups excluding carboxylic acids is 1. The van der Waals surface area contributed by atoms with Gasteiger partial charge in [-0.25, -0.2) is 8.78 Å². The summed E-state index contributed by atoms with van der Waals surface area (Å²) in [7, 11) is 1.58. The van der Waals surface area contributed by atoms with E-state index in [0.29, 0.717) is 5.56 Å². The van der Waals surface area contributed by atoms with Crippen LogP contribution in [0.3, 0.4) is 0 Å². The fraction of sp³-hybridized carbons (Fsp3) is 0.214. The van der Waals surface area contributed by atoms with Crippen LogP contribution in [0, 0.1) is 11.6 Å². The second-order valence-electron chi connectivity index (χ2n) is 4.24. The molecule has 1 amide bonds. The number of furan rings is 1. The molecule has 0 N–H and O–H groups in total. The van der Waals surface area contributed by atoms with Crippen molar-refractivity contribution in [3.05, 3.63) is 59.6 Å². The van der Waals surface area contributed by atoms with Gasteiger partial charge in [-0.3, -0.25) is 4.79 Å². The molecule has 2 rings (SSSR count). The summed E-state index contributed by atoms with van der Waals surface area (Å²) in [6, 6.07) is 6.36. The van der Waals surface area contributed by atoms with Gasteiger partial charge in [-0.1, -0.05) is 6.07 Å². The Morgan fingerprint density at radius 3 is 2.58 bits per heavy atom. The molecule has 5 heteroatoms. The fourth-order valence-corrected chi connectivity index (χ4v) is 1.75. The maximum Gasteiger partial charge on any atom is 0.289 e. The summed E-state index contributed by atoms with van der Waals surface area (Å²) in [6.07, 6.45) is 1.41. The van der Waals surface area contributed by atoms with E-state index in [9.17, 15) is 13.6 Å². The van der Waals surface area contributed by atoms with Crippen LogP contribution in [0.4, 0.5) is 8.78 Å². The number of amides is 1. The summed E-state index contributed by atoms with van der Waals surface area (Å²) >= 11 is 0. The van der Waals surface area contributed by atoms with Crippen molar-refractivity contribution in [1.29, 1.82) is 0 Å². The average Bonchev–Trinajstić information content (AvgIpc) is 2.93. The summed E-state index contributed by atoms with van der Waals surface area (Å²) in [5.74, 6) is -1.95. The predicted molar refractivity (Wildman–Crippen MR) is 65.6 cm³/mol. The van der Waals surface area contributed by atoms with E-state index in [1.807, 2.05) is 0 Å². The van der Waals surface area contributed by atoms with Crippen LogP contribution in [0.2, 0.25) is 0 Å². The van der Waals surface area contributed by atoms with Gasteiger partial charge in [0, 0.05) is 7.05 Å². The largest absolute Gasteiger partial charge is 0.459 e.